The van der Waals surface area contributed by atoms with Gasteiger partial charge in [-0.1, -0.05) is 6.07 Å². The molecule has 0 radical (unpaired) electrons. The number of carboxylic acid groups (broad SMARTS) is 1. The molecule has 3 rings (SSSR count). The zero-order valence-corrected chi connectivity index (χ0v) is 12.7. The molecule has 2 aromatic rings. The predicted molar refractivity (Wildman–Crippen MR) is 85.5 cm³/mol. The topological polar surface area (TPSA) is 62.7 Å². The van der Waals surface area contributed by atoms with Gasteiger partial charge in [-0.05, 0) is 38.0 Å². The van der Waals surface area contributed by atoms with Gasteiger partial charge in [0.25, 0.3) is 0 Å². The third kappa shape index (κ3) is 2.71. The lowest BCUT2D eigenvalue weighted by atomic mass is 9.97. The molecular weight excluding hydrogens is 280 g/mol. The van der Waals surface area contributed by atoms with E-state index in [0.717, 1.165) is 35.8 Å². The number of aliphatic carboxylic acids is 1. The number of nitrogens with zero attached hydrogens (tertiary/aromatic N) is 2. The van der Waals surface area contributed by atoms with Gasteiger partial charge in [0.1, 0.15) is 0 Å². The van der Waals surface area contributed by atoms with E-state index < -0.39 is 5.97 Å². The summed E-state index contributed by atoms with van der Waals surface area (Å²) in [4.78, 5) is 17.7. The summed E-state index contributed by atoms with van der Waals surface area (Å²) in [6, 6.07) is 7.99. The van der Waals surface area contributed by atoms with Crippen molar-refractivity contribution in [2.75, 3.05) is 24.6 Å². The largest absolute Gasteiger partial charge is 0.481 e. The number of pyridine rings is 1. The monoisotopic (exact) mass is 300 g/mol. The van der Waals surface area contributed by atoms with Crippen molar-refractivity contribution < 1.29 is 14.6 Å². The van der Waals surface area contributed by atoms with Crippen LogP contribution in [0.25, 0.3) is 10.8 Å². The van der Waals surface area contributed by atoms with Crippen LogP contribution >= 0.6 is 0 Å². The highest BCUT2D eigenvalue weighted by Gasteiger charge is 2.26. The fraction of sp³-hybridized carbons (Fsp3) is 0.412. The minimum Gasteiger partial charge on any atom is -0.481 e. The maximum atomic E-state index is 11.3. The summed E-state index contributed by atoms with van der Waals surface area (Å²) < 4.78 is 5.60. The van der Waals surface area contributed by atoms with E-state index in [1.807, 2.05) is 31.2 Å². The molecule has 5 heteroatoms. The van der Waals surface area contributed by atoms with Crippen LogP contribution in [0.3, 0.4) is 0 Å². The van der Waals surface area contributed by atoms with Crippen LogP contribution in [-0.4, -0.2) is 35.8 Å². The Balaban J connectivity index is 2.00. The van der Waals surface area contributed by atoms with E-state index in [0.29, 0.717) is 19.0 Å². The van der Waals surface area contributed by atoms with Crippen LogP contribution in [0.5, 0.6) is 5.88 Å². The zero-order chi connectivity index (χ0) is 15.5. The molecule has 1 aliphatic rings. The summed E-state index contributed by atoms with van der Waals surface area (Å²) in [5.41, 5.74) is 1.06. The minimum absolute atomic E-state index is 0.294. The number of carbonyl (C=O) groups is 1. The summed E-state index contributed by atoms with van der Waals surface area (Å²) in [5, 5.41) is 11.3. The fourth-order valence-corrected chi connectivity index (χ4v) is 3.09. The number of piperidine rings is 1. The Hall–Kier alpha value is -2.30. The second-order valence-electron chi connectivity index (χ2n) is 5.54. The van der Waals surface area contributed by atoms with Crippen LogP contribution in [-0.2, 0) is 4.79 Å². The third-order valence-corrected chi connectivity index (χ3v) is 4.14. The highest BCUT2D eigenvalue weighted by molar-refractivity contribution is 5.97. The number of hydrogen-bond acceptors (Lipinski definition) is 4. The molecule has 0 saturated carbocycles. The van der Waals surface area contributed by atoms with Gasteiger partial charge in [-0.2, -0.15) is 0 Å². The highest BCUT2D eigenvalue weighted by atomic mass is 16.5. The van der Waals surface area contributed by atoms with Gasteiger partial charge in [0, 0.05) is 35.7 Å². The van der Waals surface area contributed by atoms with E-state index in [-0.39, 0.29) is 5.92 Å². The SMILES string of the molecule is CCOc1nccc2c(N3CCCC(C(=O)O)C3)cccc12. The van der Waals surface area contributed by atoms with Gasteiger partial charge >= 0.3 is 5.97 Å². The number of aromatic nitrogens is 1. The molecule has 1 saturated heterocycles. The first-order chi connectivity index (χ1) is 10.7. The number of ether oxygens (including phenoxy) is 1. The number of fused-ring (bicyclic) bond motifs is 1. The van der Waals surface area contributed by atoms with Gasteiger partial charge in [0.15, 0.2) is 0 Å². The molecule has 22 heavy (non-hydrogen) atoms. The zero-order valence-electron chi connectivity index (χ0n) is 12.7. The van der Waals surface area contributed by atoms with Crippen LogP contribution in [0.15, 0.2) is 30.5 Å². The summed E-state index contributed by atoms with van der Waals surface area (Å²) in [7, 11) is 0. The Morgan fingerprint density at radius 1 is 1.41 bits per heavy atom. The fourth-order valence-electron chi connectivity index (χ4n) is 3.09. The molecule has 1 N–H and O–H groups in total. The first kappa shape index (κ1) is 14.6. The van der Waals surface area contributed by atoms with Gasteiger partial charge in [-0.25, -0.2) is 4.98 Å². The molecule has 1 aromatic carbocycles. The molecule has 1 atom stereocenters. The molecule has 1 fully saturated rings. The van der Waals surface area contributed by atoms with Crippen molar-refractivity contribution in [3.05, 3.63) is 30.5 Å². The quantitative estimate of drug-likeness (QED) is 0.940. The minimum atomic E-state index is -0.707. The van der Waals surface area contributed by atoms with Gasteiger partial charge in [0.2, 0.25) is 5.88 Å². The third-order valence-electron chi connectivity index (χ3n) is 4.14. The second-order valence-corrected chi connectivity index (χ2v) is 5.54. The van der Waals surface area contributed by atoms with E-state index >= 15 is 0 Å². The van der Waals surface area contributed by atoms with Crippen molar-refractivity contribution in [3.8, 4) is 5.88 Å². The van der Waals surface area contributed by atoms with Gasteiger partial charge < -0.3 is 14.7 Å². The smallest absolute Gasteiger partial charge is 0.308 e. The first-order valence-electron chi connectivity index (χ1n) is 7.69. The van der Waals surface area contributed by atoms with E-state index in [2.05, 4.69) is 9.88 Å². The highest BCUT2D eigenvalue weighted by Crippen LogP contribution is 2.33. The summed E-state index contributed by atoms with van der Waals surface area (Å²) in [5.74, 6) is -0.368. The lowest BCUT2D eigenvalue weighted by molar-refractivity contribution is -0.141. The number of hydrogen-bond donors (Lipinski definition) is 1. The average molecular weight is 300 g/mol. The summed E-state index contributed by atoms with van der Waals surface area (Å²) in [6.07, 6.45) is 3.40. The van der Waals surface area contributed by atoms with Crippen LogP contribution < -0.4 is 9.64 Å². The number of carboxylic acids is 1. The van der Waals surface area contributed by atoms with Crippen molar-refractivity contribution in [2.24, 2.45) is 5.92 Å². The predicted octanol–water partition coefficient (Wildman–Crippen LogP) is 2.93. The van der Waals surface area contributed by atoms with Crippen molar-refractivity contribution in [3.63, 3.8) is 0 Å². The molecule has 1 aliphatic heterocycles. The Bertz CT molecular complexity index is 687. The van der Waals surface area contributed by atoms with Crippen LogP contribution in [0.2, 0.25) is 0 Å². The Kier molecular flexibility index (Phi) is 4.13. The first-order valence-corrected chi connectivity index (χ1v) is 7.69. The van der Waals surface area contributed by atoms with Gasteiger partial charge in [0.05, 0.1) is 12.5 Å². The molecule has 5 nitrogen and oxygen atoms in total. The Morgan fingerprint density at radius 3 is 3.05 bits per heavy atom. The number of benzene rings is 1. The van der Waals surface area contributed by atoms with E-state index in [9.17, 15) is 9.90 Å². The Morgan fingerprint density at radius 2 is 2.27 bits per heavy atom. The molecule has 116 valence electrons. The molecular formula is C17H20N2O3. The standard InChI is InChI=1S/C17H20N2O3/c1-2-22-16-14-6-3-7-15(13(14)8-9-18-16)19-10-4-5-12(11-19)17(20)21/h3,6-9,12H,2,4-5,10-11H2,1H3,(H,20,21). The molecule has 1 unspecified atom stereocenters. The maximum Gasteiger partial charge on any atom is 0.308 e. The van der Waals surface area contributed by atoms with Crippen LogP contribution in [0.1, 0.15) is 19.8 Å². The molecule has 2 heterocycles. The number of anilines is 1. The molecule has 0 spiro atoms. The molecule has 0 amide bonds. The second kappa shape index (κ2) is 6.22. The maximum absolute atomic E-state index is 11.3. The normalized spacial score (nSPS) is 18.4. The summed E-state index contributed by atoms with van der Waals surface area (Å²) >= 11 is 0. The summed E-state index contributed by atoms with van der Waals surface area (Å²) in [6.45, 7) is 3.95. The lowest BCUT2D eigenvalue weighted by Crippen LogP contribution is -2.38. The average Bonchev–Trinajstić information content (AvgIpc) is 2.55. The van der Waals surface area contributed by atoms with Crippen LogP contribution in [0.4, 0.5) is 5.69 Å². The van der Waals surface area contributed by atoms with E-state index in [4.69, 9.17) is 4.74 Å². The Labute approximate surface area is 129 Å². The molecule has 0 aliphatic carbocycles. The van der Waals surface area contributed by atoms with Gasteiger partial charge in [-0.15, -0.1) is 0 Å². The molecule has 1 aromatic heterocycles. The van der Waals surface area contributed by atoms with Crippen LogP contribution in [0, 0.1) is 5.92 Å². The lowest BCUT2D eigenvalue weighted by Gasteiger charge is -2.33. The molecule has 0 bridgehead atoms. The van der Waals surface area contributed by atoms with Gasteiger partial charge in [-0.3, -0.25) is 4.79 Å². The van der Waals surface area contributed by atoms with Crippen molar-refractivity contribution in [1.29, 1.82) is 0 Å². The van der Waals surface area contributed by atoms with E-state index in [1.54, 1.807) is 6.20 Å². The van der Waals surface area contributed by atoms with Crippen molar-refractivity contribution in [1.82, 2.24) is 4.98 Å². The van der Waals surface area contributed by atoms with Crippen molar-refractivity contribution >= 4 is 22.4 Å². The van der Waals surface area contributed by atoms with E-state index in [1.165, 1.54) is 0 Å². The van der Waals surface area contributed by atoms with Crippen molar-refractivity contribution in [2.45, 2.75) is 19.8 Å². The number of rotatable bonds is 4.